The summed E-state index contributed by atoms with van der Waals surface area (Å²) in [5, 5.41) is 2.81. The largest absolute Gasteiger partial charge is 0.496 e. The summed E-state index contributed by atoms with van der Waals surface area (Å²) in [5.74, 6) is 0.0810. The molecule has 116 valence electrons. The molecular weight excluding hydrogens is 310 g/mol. The van der Waals surface area contributed by atoms with Gasteiger partial charge in [0.1, 0.15) is 22.9 Å². The van der Waals surface area contributed by atoms with Crippen LogP contribution in [0.25, 0.3) is 10.6 Å². The lowest BCUT2D eigenvalue weighted by Gasteiger charge is -2.07. The number of esters is 1. The van der Waals surface area contributed by atoms with Crippen molar-refractivity contribution in [3.05, 3.63) is 71.2 Å². The minimum absolute atomic E-state index is 0.139. The van der Waals surface area contributed by atoms with Gasteiger partial charge < -0.3 is 9.47 Å². The number of rotatable bonds is 5. The molecule has 0 aliphatic heterocycles. The van der Waals surface area contributed by atoms with Gasteiger partial charge in [-0.15, -0.1) is 11.3 Å². The lowest BCUT2D eigenvalue weighted by molar-refractivity contribution is 0.0465. The fourth-order valence-corrected chi connectivity index (χ4v) is 2.93. The molecule has 23 heavy (non-hydrogen) atoms. The highest BCUT2D eigenvalue weighted by Crippen LogP contribution is 2.24. The molecule has 0 radical (unpaired) electrons. The third kappa shape index (κ3) is 3.57. The summed E-state index contributed by atoms with van der Waals surface area (Å²) in [6.07, 6.45) is 0. The van der Waals surface area contributed by atoms with Gasteiger partial charge in [-0.3, -0.25) is 0 Å². The number of para-hydroxylation sites is 1. The summed E-state index contributed by atoms with van der Waals surface area (Å²) in [4.78, 5) is 16.6. The van der Waals surface area contributed by atoms with E-state index in [2.05, 4.69) is 4.98 Å². The van der Waals surface area contributed by atoms with E-state index in [9.17, 15) is 4.79 Å². The molecule has 5 heteroatoms. The van der Waals surface area contributed by atoms with Crippen LogP contribution in [0.2, 0.25) is 0 Å². The number of ether oxygens (including phenoxy) is 2. The molecule has 3 aromatic rings. The van der Waals surface area contributed by atoms with Gasteiger partial charge in [-0.2, -0.15) is 0 Å². The van der Waals surface area contributed by atoms with E-state index >= 15 is 0 Å². The van der Waals surface area contributed by atoms with Gasteiger partial charge in [0, 0.05) is 10.9 Å². The van der Waals surface area contributed by atoms with E-state index < -0.39 is 5.97 Å². The summed E-state index contributed by atoms with van der Waals surface area (Å²) >= 11 is 1.53. The minimum atomic E-state index is -0.420. The van der Waals surface area contributed by atoms with Crippen LogP contribution in [0.5, 0.6) is 5.75 Å². The molecule has 0 amide bonds. The number of carbonyl (C=O) groups excluding carboxylic acids is 1. The molecule has 0 saturated heterocycles. The molecule has 0 N–H and O–H groups in total. The molecule has 0 unspecified atom stereocenters. The van der Waals surface area contributed by atoms with Crippen molar-refractivity contribution in [2.45, 2.75) is 6.61 Å². The Morgan fingerprint density at radius 3 is 2.61 bits per heavy atom. The minimum Gasteiger partial charge on any atom is -0.496 e. The Balaban J connectivity index is 1.67. The second-order valence-corrected chi connectivity index (χ2v) is 5.64. The topological polar surface area (TPSA) is 48.4 Å². The monoisotopic (exact) mass is 325 g/mol. The highest BCUT2D eigenvalue weighted by Gasteiger charge is 2.14. The molecule has 2 aromatic carbocycles. The first-order chi connectivity index (χ1) is 11.3. The van der Waals surface area contributed by atoms with E-state index in [0.29, 0.717) is 11.3 Å². The van der Waals surface area contributed by atoms with Crippen LogP contribution in [0, 0.1) is 0 Å². The third-order valence-electron chi connectivity index (χ3n) is 3.25. The summed E-state index contributed by atoms with van der Waals surface area (Å²) in [5.41, 5.74) is 2.20. The third-order valence-corrected chi connectivity index (χ3v) is 4.19. The average molecular weight is 325 g/mol. The maximum Gasteiger partial charge on any atom is 0.342 e. The zero-order valence-electron chi connectivity index (χ0n) is 12.6. The Labute approximate surface area is 138 Å². The van der Waals surface area contributed by atoms with Gasteiger partial charge >= 0.3 is 5.97 Å². The lowest BCUT2D eigenvalue weighted by Crippen LogP contribution is -2.07. The molecule has 0 aliphatic carbocycles. The van der Waals surface area contributed by atoms with Crippen molar-refractivity contribution < 1.29 is 14.3 Å². The molecule has 0 bridgehead atoms. The number of thiazole rings is 1. The summed E-state index contributed by atoms with van der Waals surface area (Å²) in [7, 11) is 1.53. The van der Waals surface area contributed by atoms with Gasteiger partial charge in [0.15, 0.2) is 0 Å². The predicted molar refractivity (Wildman–Crippen MR) is 89.7 cm³/mol. The molecule has 0 spiro atoms. The maximum atomic E-state index is 12.1. The highest BCUT2D eigenvalue weighted by atomic mass is 32.1. The Kier molecular flexibility index (Phi) is 4.68. The van der Waals surface area contributed by atoms with E-state index in [1.807, 2.05) is 41.8 Å². The normalized spacial score (nSPS) is 10.3. The predicted octanol–water partition coefficient (Wildman–Crippen LogP) is 4.18. The van der Waals surface area contributed by atoms with Gasteiger partial charge in [-0.05, 0) is 12.1 Å². The Morgan fingerprint density at radius 2 is 1.83 bits per heavy atom. The first kappa shape index (κ1) is 15.2. The zero-order chi connectivity index (χ0) is 16.1. The van der Waals surface area contributed by atoms with Crippen LogP contribution in [0.4, 0.5) is 0 Å². The molecule has 1 aromatic heterocycles. The van der Waals surface area contributed by atoms with E-state index in [-0.39, 0.29) is 6.61 Å². The van der Waals surface area contributed by atoms with Gasteiger partial charge in [0.2, 0.25) is 0 Å². The van der Waals surface area contributed by atoms with Crippen molar-refractivity contribution in [3.8, 4) is 16.3 Å². The average Bonchev–Trinajstić information content (AvgIpc) is 3.09. The molecular formula is C18H15NO3S. The van der Waals surface area contributed by atoms with Gasteiger partial charge in [0.25, 0.3) is 0 Å². The number of methoxy groups -OCH3 is 1. The first-order valence-corrected chi connectivity index (χ1v) is 7.96. The first-order valence-electron chi connectivity index (χ1n) is 7.08. The second kappa shape index (κ2) is 7.07. The van der Waals surface area contributed by atoms with Crippen LogP contribution in [0.1, 0.15) is 16.1 Å². The number of aromatic nitrogens is 1. The number of nitrogens with zero attached hydrogens (tertiary/aromatic N) is 1. The maximum absolute atomic E-state index is 12.1. The van der Waals surface area contributed by atoms with Crippen molar-refractivity contribution in [1.29, 1.82) is 0 Å². The standard InChI is InChI=1S/C18H15NO3S/c1-21-16-10-6-5-9-15(16)18(20)22-11-14-12-23-17(19-14)13-7-3-2-4-8-13/h2-10,12H,11H2,1H3. The van der Waals surface area contributed by atoms with Crippen LogP contribution in [0.15, 0.2) is 60.0 Å². The van der Waals surface area contributed by atoms with Crippen LogP contribution in [-0.4, -0.2) is 18.1 Å². The van der Waals surface area contributed by atoms with Crippen molar-refractivity contribution in [3.63, 3.8) is 0 Å². The van der Waals surface area contributed by atoms with Crippen molar-refractivity contribution in [2.24, 2.45) is 0 Å². The molecule has 0 saturated carbocycles. The van der Waals surface area contributed by atoms with Crippen molar-refractivity contribution >= 4 is 17.3 Å². The molecule has 0 atom stereocenters. The number of carbonyl (C=O) groups is 1. The van der Waals surface area contributed by atoms with Crippen LogP contribution >= 0.6 is 11.3 Å². The SMILES string of the molecule is COc1ccccc1C(=O)OCc1csc(-c2ccccc2)n1. The summed E-state index contributed by atoms with van der Waals surface area (Å²) < 4.78 is 10.5. The van der Waals surface area contributed by atoms with Crippen LogP contribution in [0.3, 0.4) is 0 Å². The molecule has 1 heterocycles. The Bertz CT molecular complexity index is 799. The lowest BCUT2D eigenvalue weighted by atomic mass is 10.2. The molecule has 4 nitrogen and oxygen atoms in total. The second-order valence-electron chi connectivity index (χ2n) is 4.79. The quantitative estimate of drug-likeness (QED) is 0.660. The van der Waals surface area contributed by atoms with E-state index in [1.54, 1.807) is 18.2 Å². The van der Waals surface area contributed by atoms with E-state index in [1.165, 1.54) is 18.4 Å². The smallest absolute Gasteiger partial charge is 0.342 e. The number of hydrogen-bond acceptors (Lipinski definition) is 5. The van der Waals surface area contributed by atoms with Gasteiger partial charge in [-0.25, -0.2) is 9.78 Å². The van der Waals surface area contributed by atoms with Gasteiger partial charge in [-0.1, -0.05) is 42.5 Å². The van der Waals surface area contributed by atoms with Crippen molar-refractivity contribution in [2.75, 3.05) is 7.11 Å². The fourth-order valence-electron chi connectivity index (χ4n) is 2.12. The molecule has 0 fully saturated rings. The highest BCUT2D eigenvalue weighted by molar-refractivity contribution is 7.13. The summed E-state index contributed by atoms with van der Waals surface area (Å²) in [6.45, 7) is 0.139. The number of benzene rings is 2. The van der Waals surface area contributed by atoms with Gasteiger partial charge in [0.05, 0.1) is 12.8 Å². The van der Waals surface area contributed by atoms with E-state index in [4.69, 9.17) is 9.47 Å². The molecule has 3 rings (SSSR count). The molecule has 0 aliphatic rings. The Morgan fingerprint density at radius 1 is 1.09 bits per heavy atom. The van der Waals surface area contributed by atoms with Crippen LogP contribution in [-0.2, 0) is 11.3 Å². The fraction of sp³-hybridized carbons (Fsp3) is 0.111. The van der Waals surface area contributed by atoms with Crippen molar-refractivity contribution in [1.82, 2.24) is 4.98 Å². The summed E-state index contributed by atoms with van der Waals surface area (Å²) in [6, 6.07) is 16.9. The van der Waals surface area contributed by atoms with E-state index in [0.717, 1.165) is 16.3 Å². The Hall–Kier alpha value is -2.66. The van der Waals surface area contributed by atoms with Crippen LogP contribution < -0.4 is 4.74 Å². The zero-order valence-corrected chi connectivity index (χ0v) is 13.4. The number of hydrogen-bond donors (Lipinski definition) is 0.